The molecule has 0 bridgehead atoms. The third kappa shape index (κ3) is 3.75. The molecule has 34 heavy (non-hydrogen) atoms. The highest BCUT2D eigenvalue weighted by Crippen LogP contribution is 2.37. The molecular formula is C25H25F2N7. The second-order valence-corrected chi connectivity index (χ2v) is 8.75. The van der Waals surface area contributed by atoms with Crippen LogP contribution in [0.15, 0.2) is 54.9 Å². The van der Waals surface area contributed by atoms with E-state index in [0.29, 0.717) is 11.2 Å². The van der Waals surface area contributed by atoms with Crippen molar-refractivity contribution >= 4 is 17.3 Å². The maximum absolute atomic E-state index is 14.5. The highest BCUT2D eigenvalue weighted by atomic mass is 19.1. The molecule has 0 aliphatic carbocycles. The summed E-state index contributed by atoms with van der Waals surface area (Å²) >= 11 is 0. The highest BCUT2D eigenvalue weighted by molar-refractivity contribution is 5.76. The smallest absolute Gasteiger partial charge is 0.166 e. The van der Waals surface area contributed by atoms with E-state index in [9.17, 15) is 8.78 Å². The van der Waals surface area contributed by atoms with Gasteiger partial charge in [-0.05, 0) is 49.2 Å². The minimum atomic E-state index is -0.430. The zero-order chi connectivity index (χ0) is 23.1. The Balaban J connectivity index is 1.36. The number of nitrogens with one attached hydrogen (secondary N) is 1. The summed E-state index contributed by atoms with van der Waals surface area (Å²) in [5.41, 5.74) is 2.71. The molecule has 1 aromatic carbocycles. The topological polar surface area (TPSA) is 61.6 Å². The first-order chi connectivity index (χ1) is 16.7. The molecule has 0 saturated carbocycles. The minimum absolute atomic E-state index is 0.258. The molecule has 9 heteroatoms. The Morgan fingerprint density at radius 1 is 0.941 bits per heavy atom. The zero-order valence-electron chi connectivity index (χ0n) is 18.7. The summed E-state index contributed by atoms with van der Waals surface area (Å²) in [4.78, 5) is 14.1. The van der Waals surface area contributed by atoms with Gasteiger partial charge in [0.05, 0.1) is 23.5 Å². The van der Waals surface area contributed by atoms with E-state index in [1.54, 1.807) is 10.7 Å². The first kappa shape index (κ1) is 21.0. The van der Waals surface area contributed by atoms with Gasteiger partial charge in [-0.2, -0.15) is 5.10 Å². The van der Waals surface area contributed by atoms with Crippen LogP contribution in [0.25, 0.3) is 16.9 Å². The molecule has 3 aromatic heterocycles. The first-order valence-corrected chi connectivity index (χ1v) is 11.7. The van der Waals surface area contributed by atoms with Crippen LogP contribution < -0.4 is 15.1 Å². The van der Waals surface area contributed by atoms with Crippen LogP contribution in [0.3, 0.4) is 0 Å². The van der Waals surface area contributed by atoms with Gasteiger partial charge in [-0.15, -0.1) is 0 Å². The van der Waals surface area contributed by atoms with Gasteiger partial charge in [0.1, 0.15) is 23.3 Å². The van der Waals surface area contributed by atoms with Crippen LogP contribution >= 0.6 is 0 Å². The van der Waals surface area contributed by atoms with E-state index in [1.807, 2.05) is 30.5 Å². The van der Waals surface area contributed by atoms with Gasteiger partial charge in [0.15, 0.2) is 5.65 Å². The van der Waals surface area contributed by atoms with Crippen molar-refractivity contribution < 1.29 is 8.78 Å². The van der Waals surface area contributed by atoms with E-state index in [4.69, 9.17) is 9.97 Å². The number of fused-ring (bicyclic) bond motifs is 1. The number of anilines is 2. The van der Waals surface area contributed by atoms with Crippen molar-refractivity contribution in [2.45, 2.75) is 18.9 Å². The Morgan fingerprint density at radius 3 is 2.71 bits per heavy atom. The Labute approximate surface area is 196 Å². The lowest BCUT2D eigenvalue weighted by molar-refractivity contribution is 0.560. The van der Waals surface area contributed by atoms with Crippen LogP contribution in [0.2, 0.25) is 0 Å². The van der Waals surface area contributed by atoms with Crippen LogP contribution in [0.4, 0.5) is 20.4 Å². The van der Waals surface area contributed by atoms with E-state index in [1.165, 1.54) is 12.1 Å². The van der Waals surface area contributed by atoms with E-state index in [0.717, 1.165) is 74.5 Å². The molecular weight excluding hydrogens is 436 g/mol. The summed E-state index contributed by atoms with van der Waals surface area (Å²) in [5, 5.41) is 7.83. The molecule has 6 rings (SSSR count). The number of benzene rings is 1. The number of nitrogens with zero attached hydrogens (tertiary/aromatic N) is 6. The molecule has 7 nitrogen and oxygen atoms in total. The number of hydrogen-bond donors (Lipinski definition) is 1. The number of piperazine rings is 1. The summed E-state index contributed by atoms with van der Waals surface area (Å²) < 4.78 is 30.2. The van der Waals surface area contributed by atoms with Gasteiger partial charge in [-0.3, -0.25) is 0 Å². The average molecular weight is 462 g/mol. The lowest BCUT2D eigenvalue weighted by Gasteiger charge is -2.28. The molecule has 0 spiro atoms. The van der Waals surface area contributed by atoms with Crippen LogP contribution in [0.1, 0.15) is 24.4 Å². The number of hydrogen-bond acceptors (Lipinski definition) is 6. The van der Waals surface area contributed by atoms with Gasteiger partial charge < -0.3 is 15.1 Å². The van der Waals surface area contributed by atoms with Crippen LogP contribution in [0, 0.1) is 11.6 Å². The van der Waals surface area contributed by atoms with Crippen molar-refractivity contribution in [3.8, 4) is 11.3 Å². The van der Waals surface area contributed by atoms with E-state index in [2.05, 4.69) is 20.2 Å². The van der Waals surface area contributed by atoms with Gasteiger partial charge in [0.2, 0.25) is 0 Å². The zero-order valence-corrected chi connectivity index (χ0v) is 18.7. The fourth-order valence-corrected chi connectivity index (χ4v) is 4.98. The number of halogens is 2. The number of pyridine rings is 1. The van der Waals surface area contributed by atoms with Gasteiger partial charge >= 0.3 is 0 Å². The van der Waals surface area contributed by atoms with Crippen molar-refractivity contribution in [3.63, 3.8) is 0 Å². The molecule has 174 valence electrons. The third-order valence-electron chi connectivity index (χ3n) is 6.67. The van der Waals surface area contributed by atoms with Gasteiger partial charge in [0, 0.05) is 44.5 Å². The fraction of sp³-hybridized carbons (Fsp3) is 0.320. The molecule has 0 radical (unpaired) electrons. The second kappa shape index (κ2) is 8.64. The Morgan fingerprint density at radius 2 is 1.82 bits per heavy atom. The number of aromatic nitrogens is 4. The number of rotatable bonds is 4. The standard InChI is InChI=1S/C25H25F2N7/c26-17-6-7-20(27)18(15-17)22-4-2-11-33(22)24-8-12-34-25(31-24)19(16-29-34)21-3-1-5-23(30-21)32-13-9-28-10-14-32/h1,3,5-8,12,15-16,22,28H,2,4,9-11,13-14H2/t22-/m1/s1. The summed E-state index contributed by atoms with van der Waals surface area (Å²) in [7, 11) is 0. The van der Waals surface area contributed by atoms with Crippen molar-refractivity contribution in [1.29, 1.82) is 0 Å². The van der Waals surface area contributed by atoms with E-state index < -0.39 is 11.6 Å². The van der Waals surface area contributed by atoms with Crippen molar-refractivity contribution in [1.82, 2.24) is 24.9 Å². The van der Waals surface area contributed by atoms with Crippen molar-refractivity contribution in [2.75, 3.05) is 42.5 Å². The summed E-state index contributed by atoms with van der Waals surface area (Å²) in [6.07, 6.45) is 5.27. The quantitative estimate of drug-likeness (QED) is 0.499. The summed E-state index contributed by atoms with van der Waals surface area (Å²) in [6.45, 7) is 4.44. The van der Waals surface area contributed by atoms with Gasteiger partial charge in [-0.25, -0.2) is 23.3 Å². The highest BCUT2D eigenvalue weighted by Gasteiger charge is 2.30. The van der Waals surface area contributed by atoms with Gasteiger partial charge in [0.25, 0.3) is 0 Å². The Bertz CT molecular complexity index is 1330. The first-order valence-electron chi connectivity index (χ1n) is 11.7. The molecule has 5 heterocycles. The molecule has 1 N–H and O–H groups in total. The predicted octanol–water partition coefficient (Wildman–Crippen LogP) is 3.82. The fourth-order valence-electron chi connectivity index (χ4n) is 4.98. The second-order valence-electron chi connectivity index (χ2n) is 8.75. The maximum Gasteiger partial charge on any atom is 0.166 e. The maximum atomic E-state index is 14.5. The van der Waals surface area contributed by atoms with Crippen LogP contribution in [-0.2, 0) is 0 Å². The molecule has 2 aliphatic heterocycles. The molecule has 2 aliphatic rings. The Kier molecular flexibility index (Phi) is 5.33. The average Bonchev–Trinajstić information content (AvgIpc) is 3.53. The SMILES string of the molecule is Fc1ccc(F)c([C@H]2CCCN2c2ccn3ncc(-c4cccc(N5CCNCC5)n4)c3n2)c1. The van der Waals surface area contributed by atoms with Gasteiger partial charge in [-0.1, -0.05) is 6.07 Å². The van der Waals surface area contributed by atoms with E-state index in [-0.39, 0.29) is 6.04 Å². The normalized spacial score (nSPS) is 18.7. The molecule has 0 unspecified atom stereocenters. The van der Waals surface area contributed by atoms with Crippen molar-refractivity contribution in [3.05, 3.63) is 72.1 Å². The predicted molar refractivity (Wildman–Crippen MR) is 127 cm³/mol. The summed E-state index contributed by atoms with van der Waals surface area (Å²) in [6, 6.07) is 11.3. The van der Waals surface area contributed by atoms with E-state index >= 15 is 0 Å². The molecule has 2 fully saturated rings. The molecule has 1 atom stereocenters. The summed E-state index contributed by atoms with van der Waals surface area (Å²) in [5.74, 6) is 0.841. The minimum Gasteiger partial charge on any atom is -0.354 e. The van der Waals surface area contributed by atoms with Crippen LogP contribution in [0.5, 0.6) is 0 Å². The molecule has 2 saturated heterocycles. The molecule has 0 amide bonds. The lowest BCUT2D eigenvalue weighted by atomic mass is 10.0. The molecule has 4 aromatic rings. The lowest BCUT2D eigenvalue weighted by Crippen LogP contribution is -2.43. The monoisotopic (exact) mass is 461 g/mol. The van der Waals surface area contributed by atoms with Crippen LogP contribution in [-0.4, -0.2) is 52.3 Å². The Hall–Kier alpha value is -3.59. The van der Waals surface area contributed by atoms with Crippen molar-refractivity contribution in [2.24, 2.45) is 0 Å². The third-order valence-corrected chi connectivity index (χ3v) is 6.67. The largest absolute Gasteiger partial charge is 0.354 e.